The number of rotatable bonds is 4. The molecule has 0 radical (unpaired) electrons. The van der Waals surface area contributed by atoms with E-state index in [9.17, 15) is 18.0 Å². The van der Waals surface area contributed by atoms with Gasteiger partial charge in [-0.2, -0.15) is 0 Å². The lowest BCUT2D eigenvalue weighted by molar-refractivity contribution is -0.131. The molecule has 3 aromatic rings. The van der Waals surface area contributed by atoms with E-state index in [4.69, 9.17) is 16.7 Å². The Morgan fingerprint density at radius 2 is 1.72 bits per heavy atom. The van der Waals surface area contributed by atoms with Gasteiger partial charge in [-0.25, -0.2) is 13.2 Å². The molecule has 0 saturated heterocycles. The topological polar surface area (TPSA) is 92.9 Å². The first-order valence-electron chi connectivity index (χ1n) is 7.13. The molecule has 0 aliphatic carbocycles. The van der Waals surface area contributed by atoms with Crippen LogP contribution in [0.4, 0.5) is 0 Å². The average Bonchev–Trinajstić information content (AvgIpc) is 2.86. The van der Waals surface area contributed by atoms with Crippen molar-refractivity contribution < 1.29 is 23.1 Å². The lowest BCUT2D eigenvalue weighted by Gasteiger charge is -2.05. The van der Waals surface area contributed by atoms with Crippen LogP contribution in [0.5, 0.6) is 0 Å². The van der Waals surface area contributed by atoms with Crippen LogP contribution in [0.1, 0.15) is 16.1 Å². The highest BCUT2D eigenvalue weighted by Crippen LogP contribution is 2.32. The number of fused-ring (bicyclic) bond motifs is 1. The Balaban J connectivity index is 2.37. The van der Waals surface area contributed by atoms with Gasteiger partial charge in [0.25, 0.3) is 5.78 Å². The molecule has 1 N–H and O–H groups in total. The molecular weight excluding hydrogens is 366 g/mol. The molecule has 0 bridgehead atoms. The van der Waals surface area contributed by atoms with Gasteiger partial charge in [-0.3, -0.25) is 4.79 Å². The summed E-state index contributed by atoms with van der Waals surface area (Å²) in [5.74, 6) is -2.82. The van der Waals surface area contributed by atoms with Crippen molar-refractivity contribution >= 4 is 38.7 Å². The number of hydrogen-bond acceptors (Lipinski definition) is 4. The SMILES string of the molecule is Cc1c(S(=O)(=O)c2ccc(Cl)cc2)c2ccccn2c1C(=O)C(=O)O. The third-order valence-corrected chi connectivity index (χ3v) is 6.03. The van der Waals surface area contributed by atoms with Crippen molar-refractivity contribution in [1.82, 2.24) is 4.40 Å². The fourth-order valence-electron chi connectivity index (χ4n) is 2.76. The summed E-state index contributed by atoms with van der Waals surface area (Å²) in [5.41, 5.74) is 0.142. The monoisotopic (exact) mass is 377 g/mol. The van der Waals surface area contributed by atoms with E-state index in [-0.39, 0.29) is 26.6 Å². The van der Waals surface area contributed by atoms with Gasteiger partial charge >= 0.3 is 5.97 Å². The van der Waals surface area contributed by atoms with Crippen molar-refractivity contribution in [3.05, 3.63) is 64.9 Å². The zero-order chi connectivity index (χ0) is 18.4. The number of benzene rings is 1. The Morgan fingerprint density at radius 1 is 1.08 bits per heavy atom. The van der Waals surface area contributed by atoms with Gasteiger partial charge in [-0.15, -0.1) is 0 Å². The van der Waals surface area contributed by atoms with E-state index < -0.39 is 21.6 Å². The van der Waals surface area contributed by atoms with E-state index in [2.05, 4.69) is 0 Å². The Bertz CT molecular complexity index is 1110. The zero-order valence-corrected chi connectivity index (χ0v) is 14.5. The molecule has 2 aromatic heterocycles. The van der Waals surface area contributed by atoms with Gasteiger partial charge in [0.2, 0.25) is 9.84 Å². The number of carboxylic acid groups (broad SMARTS) is 1. The van der Waals surface area contributed by atoms with Crippen LogP contribution in [0.2, 0.25) is 5.02 Å². The van der Waals surface area contributed by atoms with Crippen molar-refractivity contribution in [2.45, 2.75) is 16.7 Å². The Labute approximate surface area is 148 Å². The standard InChI is InChI=1S/C17H12ClNO5S/c1-10-14(15(20)17(21)22)19-9-3-2-4-13(19)16(10)25(23,24)12-7-5-11(18)6-8-12/h2-9H,1H3,(H,21,22). The van der Waals surface area contributed by atoms with Crippen molar-refractivity contribution in [2.24, 2.45) is 0 Å². The van der Waals surface area contributed by atoms with Gasteiger partial charge in [0.1, 0.15) is 10.6 Å². The van der Waals surface area contributed by atoms with Gasteiger partial charge < -0.3 is 9.51 Å². The molecule has 0 atom stereocenters. The van der Waals surface area contributed by atoms with Crippen LogP contribution in [0.25, 0.3) is 5.52 Å². The maximum Gasteiger partial charge on any atom is 0.378 e. The summed E-state index contributed by atoms with van der Waals surface area (Å²) in [6, 6.07) is 10.4. The van der Waals surface area contributed by atoms with Crippen molar-refractivity contribution in [3.63, 3.8) is 0 Å². The molecule has 0 unspecified atom stereocenters. The summed E-state index contributed by atoms with van der Waals surface area (Å²) < 4.78 is 27.4. The van der Waals surface area contributed by atoms with E-state index in [1.54, 1.807) is 12.1 Å². The minimum Gasteiger partial charge on any atom is -0.475 e. The van der Waals surface area contributed by atoms with Crippen LogP contribution in [0.15, 0.2) is 58.5 Å². The number of aromatic nitrogens is 1. The molecule has 8 heteroatoms. The van der Waals surface area contributed by atoms with E-state index in [1.807, 2.05) is 0 Å². The van der Waals surface area contributed by atoms with Gasteiger partial charge in [-0.05, 0) is 48.9 Å². The van der Waals surface area contributed by atoms with E-state index in [1.165, 1.54) is 47.9 Å². The Kier molecular flexibility index (Phi) is 4.14. The fraction of sp³-hybridized carbons (Fsp3) is 0.0588. The number of aliphatic carboxylic acids is 1. The van der Waals surface area contributed by atoms with E-state index >= 15 is 0 Å². The second-order valence-corrected chi connectivity index (χ2v) is 7.67. The van der Waals surface area contributed by atoms with Gasteiger partial charge in [0.05, 0.1) is 10.4 Å². The third-order valence-electron chi connectivity index (χ3n) is 3.83. The summed E-state index contributed by atoms with van der Waals surface area (Å²) in [5, 5.41) is 9.44. The van der Waals surface area contributed by atoms with Crippen LogP contribution in [-0.4, -0.2) is 29.7 Å². The molecule has 0 aliphatic rings. The summed E-state index contributed by atoms with van der Waals surface area (Å²) in [4.78, 5) is 23.1. The lowest BCUT2D eigenvalue weighted by Crippen LogP contribution is -2.16. The molecule has 25 heavy (non-hydrogen) atoms. The molecular formula is C17H12ClNO5S. The number of carboxylic acids is 1. The van der Waals surface area contributed by atoms with Crippen LogP contribution < -0.4 is 0 Å². The Morgan fingerprint density at radius 3 is 2.32 bits per heavy atom. The number of sulfone groups is 1. The second kappa shape index (κ2) is 6.02. The van der Waals surface area contributed by atoms with Crippen molar-refractivity contribution in [1.29, 1.82) is 0 Å². The zero-order valence-electron chi connectivity index (χ0n) is 12.9. The number of hydrogen-bond donors (Lipinski definition) is 1. The van der Waals surface area contributed by atoms with Gasteiger partial charge in [0, 0.05) is 11.2 Å². The minimum atomic E-state index is -3.98. The van der Waals surface area contributed by atoms with Crippen LogP contribution in [0, 0.1) is 6.92 Å². The number of carbonyl (C=O) groups is 2. The molecule has 0 saturated carbocycles. The molecule has 0 spiro atoms. The highest BCUT2D eigenvalue weighted by atomic mass is 35.5. The maximum atomic E-state index is 13.1. The fourth-order valence-corrected chi connectivity index (χ4v) is 4.55. The third kappa shape index (κ3) is 2.71. The number of nitrogens with zero attached hydrogens (tertiary/aromatic N) is 1. The highest BCUT2D eigenvalue weighted by Gasteiger charge is 2.31. The van der Waals surface area contributed by atoms with E-state index in [0.717, 1.165) is 0 Å². The summed E-state index contributed by atoms with van der Waals surface area (Å²) in [7, 11) is -3.98. The number of halogens is 1. The van der Waals surface area contributed by atoms with E-state index in [0.29, 0.717) is 5.02 Å². The van der Waals surface area contributed by atoms with Crippen LogP contribution in [0.3, 0.4) is 0 Å². The normalized spacial score (nSPS) is 11.6. The molecule has 0 amide bonds. The summed E-state index contributed by atoms with van der Waals surface area (Å²) >= 11 is 5.81. The molecule has 2 heterocycles. The number of Topliss-reactive ketones (excluding diaryl/α,β-unsaturated/α-hetero) is 1. The molecule has 6 nitrogen and oxygen atoms in total. The van der Waals surface area contributed by atoms with Crippen LogP contribution in [-0.2, 0) is 14.6 Å². The molecule has 0 fully saturated rings. The summed E-state index contributed by atoms with van der Waals surface area (Å²) in [6.07, 6.45) is 1.46. The number of ketones is 1. The maximum absolute atomic E-state index is 13.1. The molecule has 128 valence electrons. The summed E-state index contributed by atoms with van der Waals surface area (Å²) in [6.45, 7) is 1.42. The lowest BCUT2D eigenvalue weighted by atomic mass is 10.2. The predicted molar refractivity (Wildman–Crippen MR) is 91.0 cm³/mol. The first-order chi connectivity index (χ1) is 11.7. The smallest absolute Gasteiger partial charge is 0.378 e. The van der Waals surface area contributed by atoms with Crippen molar-refractivity contribution in [2.75, 3.05) is 0 Å². The van der Waals surface area contributed by atoms with Gasteiger partial charge in [0.15, 0.2) is 0 Å². The van der Waals surface area contributed by atoms with Crippen LogP contribution >= 0.6 is 11.6 Å². The Hall–Kier alpha value is -2.64. The highest BCUT2D eigenvalue weighted by molar-refractivity contribution is 7.91. The minimum absolute atomic E-state index is 0.00526. The second-order valence-electron chi connectivity index (χ2n) is 5.35. The first kappa shape index (κ1) is 17.2. The molecule has 1 aromatic carbocycles. The quantitative estimate of drug-likeness (QED) is 0.557. The number of pyridine rings is 1. The molecule has 3 rings (SSSR count). The average molecular weight is 378 g/mol. The largest absolute Gasteiger partial charge is 0.475 e. The van der Waals surface area contributed by atoms with Crippen molar-refractivity contribution in [3.8, 4) is 0 Å². The molecule has 0 aliphatic heterocycles. The predicted octanol–water partition coefficient (Wildman–Crippen LogP) is 3.00. The van der Waals surface area contributed by atoms with Gasteiger partial charge in [-0.1, -0.05) is 17.7 Å². The number of carbonyl (C=O) groups excluding carboxylic acids is 1. The first-order valence-corrected chi connectivity index (χ1v) is 8.99.